The molecule has 90 valence electrons. The lowest BCUT2D eigenvalue weighted by molar-refractivity contribution is 0.0765. The lowest BCUT2D eigenvalue weighted by Gasteiger charge is -2.26. The molecule has 0 bridgehead atoms. The van der Waals surface area contributed by atoms with Gasteiger partial charge in [-0.3, -0.25) is 4.79 Å². The van der Waals surface area contributed by atoms with Crippen LogP contribution in [0.2, 0.25) is 0 Å². The summed E-state index contributed by atoms with van der Waals surface area (Å²) in [6, 6.07) is 5.92. The van der Waals surface area contributed by atoms with Gasteiger partial charge in [0.25, 0.3) is 5.91 Å². The first kappa shape index (κ1) is 12.6. The van der Waals surface area contributed by atoms with Gasteiger partial charge in [0.15, 0.2) is 0 Å². The van der Waals surface area contributed by atoms with Crippen LogP contribution < -0.4 is 0 Å². The van der Waals surface area contributed by atoms with Crippen molar-refractivity contribution in [1.29, 1.82) is 0 Å². The summed E-state index contributed by atoms with van der Waals surface area (Å²) in [4.78, 5) is 14.3. The molecule has 3 heteroatoms. The first-order chi connectivity index (χ1) is 8.09. The number of hydrogen-bond donors (Lipinski definition) is 0. The second-order valence-electron chi connectivity index (χ2n) is 4.50. The Balaban J connectivity index is 2.26. The molecule has 2 nitrogen and oxygen atoms in total. The molecule has 1 aromatic carbocycles. The van der Waals surface area contributed by atoms with E-state index in [1.54, 1.807) is 0 Å². The molecule has 2 rings (SSSR count). The molecule has 1 heterocycles. The number of benzene rings is 1. The number of nitrogens with zero attached hydrogens (tertiary/aromatic N) is 1. The van der Waals surface area contributed by atoms with Gasteiger partial charge in [-0.1, -0.05) is 23.8 Å². The number of rotatable bonds is 1. The maximum absolute atomic E-state index is 12.4. The molecule has 0 saturated heterocycles. The van der Waals surface area contributed by atoms with Crippen molar-refractivity contribution in [3.8, 4) is 0 Å². The van der Waals surface area contributed by atoms with Crippen molar-refractivity contribution in [3.63, 3.8) is 0 Å². The number of carbonyl (C=O) groups is 1. The fourth-order valence-electron chi connectivity index (χ4n) is 2.07. The lowest BCUT2D eigenvalue weighted by atomic mass is 10.1. The van der Waals surface area contributed by atoms with Crippen LogP contribution in [0.25, 0.3) is 0 Å². The first-order valence-corrected chi connectivity index (χ1v) is 6.87. The zero-order valence-corrected chi connectivity index (χ0v) is 12.3. The molecular weight excluding hydrogens is 325 g/mol. The van der Waals surface area contributed by atoms with Crippen molar-refractivity contribution >= 4 is 28.5 Å². The third-order valence-electron chi connectivity index (χ3n) is 3.04. The second-order valence-corrected chi connectivity index (χ2v) is 5.58. The van der Waals surface area contributed by atoms with Crippen molar-refractivity contribution in [2.45, 2.75) is 20.3 Å². The molecule has 1 aliphatic rings. The van der Waals surface area contributed by atoms with Crippen LogP contribution in [-0.4, -0.2) is 23.9 Å². The highest BCUT2D eigenvalue weighted by atomic mass is 127. The molecule has 0 atom stereocenters. The SMILES string of the molecule is CC1=CCCN(C(=O)c2cccc(C)c2I)C1. The van der Waals surface area contributed by atoms with Crippen LogP contribution in [0.5, 0.6) is 0 Å². The summed E-state index contributed by atoms with van der Waals surface area (Å²) in [6.07, 6.45) is 3.19. The van der Waals surface area contributed by atoms with Gasteiger partial charge in [-0.2, -0.15) is 0 Å². The van der Waals surface area contributed by atoms with Gasteiger partial charge in [-0.05, 0) is 54.5 Å². The molecule has 1 amide bonds. The van der Waals surface area contributed by atoms with Crippen LogP contribution in [-0.2, 0) is 0 Å². The van der Waals surface area contributed by atoms with Crippen molar-refractivity contribution in [2.24, 2.45) is 0 Å². The smallest absolute Gasteiger partial charge is 0.255 e. The van der Waals surface area contributed by atoms with Gasteiger partial charge in [-0.15, -0.1) is 0 Å². The third kappa shape index (κ3) is 2.70. The van der Waals surface area contributed by atoms with Gasteiger partial charge in [0.2, 0.25) is 0 Å². The van der Waals surface area contributed by atoms with E-state index in [4.69, 9.17) is 0 Å². The van der Waals surface area contributed by atoms with E-state index in [9.17, 15) is 4.79 Å². The average Bonchev–Trinajstić information content (AvgIpc) is 2.32. The van der Waals surface area contributed by atoms with Crippen LogP contribution >= 0.6 is 22.6 Å². The number of aryl methyl sites for hydroxylation is 1. The van der Waals surface area contributed by atoms with Crippen molar-refractivity contribution in [1.82, 2.24) is 4.90 Å². The van der Waals surface area contributed by atoms with E-state index in [0.717, 1.165) is 28.6 Å². The van der Waals surface area contributed by atoms with E-state index in [1.165, 1.54) is 11.1 Å². The molecule has 0 aromatic heterocycles. The predicted octanol–water partition coefficient (Wildman–Crippen LogP) is 3.39. The van der Waals surface area contributed by atoms with Crippen LogP contribution in [0.4, 0.5) is 0 Å². The maximum atomic E-state index is 12.4. The number of carbonyl (C=O) groups excluding carboxylic acids is 1. The van der Waals surface area contributed by atoms with Gasteiger partial charge in [0.05, 0.1) is 5.56 Å². The minimum atomic E-state index is 0.158. The Morgan fingerprint density at radius 2 is 2.12 bits per heavy atom. The number of amides is 1. The van der Waals surface area contributed by atoms with Crippen LogP contribution in [0, 0.1) is 10.5 Å². The van der Waals surface area contributed by atoms with Gasteiger partial charge >= 0.3 is 0 Å². The summed E-state index contributed by atoms with van der Waals surface area (Å²) in [5.41, 5.74) is 3.29. The fourth-order valence-corrected chi connectivity index (χ4v) is 2.66. The first-order valence-electron chi connectivity index (χ1n) is 5.79. The molecule has 0 saturated carbocycles. The number of halogens is 1. The highest BCUT2D eigenvalue weighted by Gasteiger charge is 2.20. The summed E-state index contributed by atoms with van der Waals surface area (Å²) >= 11 is 2.26. The van der Waals surface area contributed by atoms with E-state index < -0.39 is 0 Å². The Morgan fingerprint density at radius 3 is 2.82 bits per heavy atom. The molecule has 1 aromatic rings. The van der Waals surface area contributed by atoms with E-state index in [0.29, 0.717) is 0 Å². The minimum Gasteiger partial charge on any atom is -0.334 e. The van der Waals surface area contributed by atoms with Gasteiger partial charge < -0.3 is 4.90 Å². The Labute approximate surface area is 116 Å². The second kappa shape index (κ2) is 5.21. The van der Waals surface area contributed by atoms with E-state index >= 15 is 0 Å². The Bertz CT molecular complexity index is 479. The van der Waals surface area contributed by atoms with E-state index in [1.807, 2.05) is 30.0 Å². The Morgan fingerprint density at radius 1 is 1.35 bits per heavy atom. The lowest BCUT2D eigenvalue weighted by Crippen LogP contribution is -2.35. The van der Waals surface area contributed by atoms with Gasteiger partial charge in [-0.25, -0.2) is 0 Å². The van der Waals surface area contributed by atoms with E-state index in [-0.39, 0.29) is 5.91 Å². The van der Waals surface area contributed by atoms with Crippen molar-refractivity contribution < 1.29 is 4.79 Å². The van der Waals surface area contributed by atoms with Crippen LogP contribution in [0.3, 0.4) is 0 Å². The molecule has 0 radical (unpaired) electrons. The summed E-state index contributed by atoms with van der Waals surface area (Å²) in [7, 11) is 0. The highest BCUT2D eigenvalue weighted by Crippen LogP contribution is 2.20. The summed E-state index contributed by atoms with van der Waals surface area (Å²) in [5, 5.41) is 0. The standard InChI is InChI=1S/C14H16INO/c1-10-5-4-8-16(9-10)14(17)12-7-3-6-11(2)13(12)15/h3,5-7H,4,8-9H2,1-2H3. The zero-order chi connectivity index (χ0) is 12.4. The summed E-state index contributed by atoms with van der Waals surface area (Å²) in [6.45, 7) is 5.73. The normalized spacial score (nSPS) is 15.7. The largest absolute Gasteiger partial charge is 0.334 e. The molecule has 0 N–H and O–H groups in total. The van der Waals surface area contributed by atoms with Gasteiger partial charge in [0.1, 0.15) is 0 Å². The fraction of sp³-hybridized carbons (Fsp3) is 0.357. The van der Waals surface area contributed by atoms with Gasteiger partial charge in [0, 0.05) is 16.7 Å². The maximum Gasteiger partial charge on any atom is 0.255 e. The summed E-state index contributed by atoms with van der Waals surface area (Å²) < 4.78 is 1.07. The number of hydrogen-bond acceptors (Lipinski definition) is 1. The third-order valence-corrected chi connectivity index (χ3v) is 4.47. The van der Waals surface area contributed by atoms with Crippen molar-refractivity contribution in [3.05, 3.63) is 44.5 Å². The molecule has 0 spiro atoms. The quantitative estimate of drug-likeness (QED) is 0.566. The summed E-state index contributed by atoms with van der Waals surface area (Å²) in [5.74, 6) is 0.158. The molecule has 1 aliphatic heterocycles. The molecular formula is C14H16INO. The van der Waals surface area contributed by atoms with E-state index in [2.05, 4.69) is 35.6 Å². The van der Waals surface area contributed by atoms with Crippen LogP contribution in [0.15, 0.2) is 29.8 Å². The molecule has 0 fully saturated rings. The Hall–Kier alpha value is -0.840. The molecule has 0 unspecified atom stereocenters. The minimum absolute atomic E-state index is 0.158. The predicted molar refractivity (Wildman–Crippen MR) is 78.2 cm³/mol. The zero-order valence-electron chi connectivity index (χ0n) is 10.2. The molecule has 17 heavy (non-hydrogen) atoms. The monoisotopic (exact) mass is 341 g/mol. The topological polar surface area (TPSA) is 20.3 Å². The molecule has 0 aliphatic carbocycles. The highest BCUT2D eigenvalue weighted by molar-refractivity contribution is 14.1. The van der Waals surface area contributed by atoms with Crippen molar-refractivity contribution in [2.75, 3.05) is 13.1 Å². The average molecular weight is 341 g/mol. The Kier molecular flexibility index (Phi) is 3.86. The van der Waals surface area contributed by atoms with Crippen LogP contribution in [0.1, 0.15) is 29.3 Å².